The Kier molecular flexibility index (Phi) is 8.87. The van der Waals surface area contributed by atoms with Crippen LogP contribution in [0.25, 0.3) is 11.1 Å². The van der Waals surface area contributed by atoms with E-state index in [-0.39, 0.29) is 31.4 Å². The number of rotatable bonds is 12. The number of carbonyl (C=O) groups is 3. The lowest BCUT2D eigenvalue weighted by Crippen LogP contribution is -2.33. The van der Waals surface area contributed by atoms with E-state index in [1.54, 1.807) is 4.90 Å². The van der Waals surface area contributed by atoms with Crippen LogP contribution in [0.5, 0.6) is 0 Å². The molecule has 0 bridgehead atoms. The number of hydrogen-bond donors (Lipinski definition) is 2. The van der Waals surface area contributed by atoms with E-state index >= 15 is 0 Å². The van der Waals surface area contributed by atoms with E-state index in [0.29, 0.717) is 32.4 Å². The van der Waals surface area contributed by atoms with E-state index in [1.807, 2.05) is 31.2 Å². The summed E-state index contributed by atoms with van der Waals surface area (Å²) in [4.78, 5) is 36.9. The van der Waals surface area contributed by atoms with Crippen molar-refractivity contribution in [2.75, 3.05) is 26.2 Å². The molecule has 0 atom stereocenters. The molecule has 0 spiro atoms. The third kappa shape index (κ3) is 6.57. The van der Waals surface area contributed by atoms with Gasteiger partial charge in [-0.25, -0.2) is 4.79 Å². The number of aliphatic carboxylic acids is 1. The predicted octanol–water partition coefficient (Wildman–Crippen LogP) is 4.41. The van der Waals surface area contributed by atoms with Crippen molar-refractivity contribution in [2.24, 2.45) is 0 Å². The lowest BCUT2D eigenvalue weighted by atomic mass is 9.98. The lowest BCUT2D eigenvalue weighted by Gasteiger charge is -2.21. The summed E-state index contributed by atoms with van der Waals surface area (Å²) < 4.78 is 5.51. The number of carbonyl (C=O) groups excluding carboxylic acids is 2. The fraction of sp³-hybridized carbons (Fsp3) is 0.423. The summed E-state index contributed by atoms with van der Waals surface area (Å²) in [6.07, 6.45) is 1.89. The maximum Gasteiger partial charge on any atom is 0.407 e. The molecule has 0 fully saturated rings. The molecule has 1 aliphatic carbocycles. The highest BCUT2D eigenvalue weighted by Crippen LogP contribution is 2.44. The topological polar surface area (TPSA) is 95.9 Å². The Morgan fingerprint density at radius 2 is 1.58 bits per heavy atom. The number of fused-ring (bicyclic) bond motifs is 3. The zero-order valence-electron chi connectivity index (χ0n) is 19.1. The Hall–Kier alpha value is -3.35. The summed E-state index contributed by atoms with van der Waals surface area (Å²) in [6.45, 7) is 3.45. The quantitative estimate of drug-likeness (QED) is 0.465. The van der Waals surface area contributed by atoms with E-state index in [9.17, 15) is 14.4 Å². The third-order valence-corrected chi connectivity index (χ3v) is 5.87. The molecule has 2 amide bonds. The molecule has 0 aromatic heterocycles. The summed E-state index contributed by atoms with van der Waals surface area (Å²) in [7, 11) is 0. The number of unbranched alkanes of at least 4 members (excludes halogenated alkanes) is 1. The van der Waals surface area contributed by atoms with Gasteiger partial charge in [-0.2, -0.15) is 0 Å². The molecule has 0 aliphatic heterocycles. The van der Waals surface area contributed by atoms with Crippen LogP contribution in [0, 0.1) is 0 Å². The molecule has 33 heavy (non-hydrogen) atoms. The first-order valence-corrected chi connectivity index (χ1v) is 11.6. The number of hydrogen-bond acceptors (Lipinski definition) is 4. The molecule has 1 aliphatic rings. The summed E-state index contributed by atoms with van der Waals surface area (Å²) in [5.74, 6) is -0.924. The van der Waals surface area contributed by atoms with Crippen LogP contribution in [0.4, 0.5) is 4.79 Å². The van der Waals surface area contributed by atoms with Crippen LogP contribution < -0.4 is 5.32 Å². The second-order valence-electron chi connectivity index (χ2n) is 8.23. The van der Waals surface area contributed by atoms with Crippen LogP contribution in [0.3, 0.4) is 0 Å². The molecule has 3 rings (SSSR count). The standard InChI is InChI=1S/C26H32N2O5/c1-2-16-28(17-14-25(30)31)24(29)13-7-8-15-27-26(32)33-18-23-21-11-5-3-9-19(21)20-10-4-6-12-22(20)23/h3-6,9-12,23H,2,7-8,13-18H2,1H3,(H,27,32)(H,30,31). The fourth-order valence-electron chi connectivity index (χ4n) is 4.26. The summed E-state index contributed by atoms with van der Waals surface area (Å²) in [5, 5.41) is 11.6. The number of benzene rings is 2. The lowest BCUT2D eigenvalue weighted by molar-refractivity contribution is -0.138. The molecule has 2 aromatic rings. The van der Waals surface area contributed by atoms with Crippen molar-refractivity contribution in [3.63, 3.8) is 0 Å². The van der Waals surface area contributed by atoms with Gasteiger partial charge >= 0.3 is 12.1 Å². The van der Waals surface area contributed by atoms with E-state index in [0.717, 1.165) is 6.42 Å². The van der Waals surface area contributed by atoms with Crippen LogP contribution in [0.1, 0.15) is 56.1 Å². The zero-order chi connectivity index (χ0) is 23.6. The fourth-order valence-corrected chi connectivity index (χ4v) is 4.26. The molecule has 0 saturated carbocycles. The zero-order valence-corrected chi connectivity index (χ0v) is 19.1. The molecule has 0 saturated heterocycles. The second kappa shape index (κ2) is 12.0. The number of amides is 2. The molecular formula is C26H32N2O5. The monoisotopic (exact) mass is 452 g/mol. The Morgan fingerprint density at radius 1 is 0.939 bits per heavy atom. The number of nitrogens with zero attached hydrogens (tertiary/aromatic N) is 1. The smallest absolute Gasteiger partial charge is 0.407 e. The van der Waals surface area contributed by atoms with E-state index in [4.69, 9.17) is 9.84 Å². The molecule has 2 aromatic carbocycles. The van der Waals surface area contributed by atoms with Gasteiger partial charge in [-0.3, -0.25) is 9.59 Å². The minimum absolute atomic E-state index is 0.0242. The van der Waals surface area contributed by atoms with Gasteiger partial charge in [0.15, 0.2) is 0 Å². The van der Waals surface area contributed by atoms with E-state index in [2.05, 4.69) is 29.6 Å². The van der Waals surface area contributed by atoms with Crippen LogP contribution in [0.15, 0.2) is 48.5 Å². The van der Waals surface area contributed by atoms with E-state index in [1.165, 1.54) is 22.3 Å². The molecule has 176 valence electrons. The van der Waals surface area contributed by atoms with Crippen molar-refractivity contribution in [2.45, 2.75) is 44.9 Å². The van der Waals surface area contributed by atoms with Crippen molar-refractivity contribution in [1.29, 1.82) is 0 Å². The van der Waals surface area contributed by atoms with Crippen molar-refractivity contribution >= 4 is 18.0 Å². The van der Waals surface area contributed by atoms with E-state index < -0.39 is 12.1 Å². The van der Waals surface area contributed by atoms with Gasteiger partial charge in [-0.15, -0.1) is 0 Å². The minimum Gasteiger partial charge on any atom is -0.481 e. The molecule has 0 heterocycles. The predicted molar refractivity (Wildman–Crippen MR) is 126 cm³/mol. The van der Waals surface area contributed by atoms with Gasteiger partial charge in [0, 0.05) is 32.0 Å². The molecule has 0 radical (unpaired) electrons. The van der Waals surface area contributed by atoms with Crippen molar-refractivity contribution in [1.82, 2.24) is 10.2 Å². The first-order valence-electron chi connectivity index (χ1n) is 11.6. The number of ether oxygens (including phenoxy) is 1. The average Bonchev–Trinajstić information content (AvgIpc) is 3.13. The van der Waals surface area contributed by atoms with Crippen LogP contribution in [-0.4, -0.2) is 54.2 Å². The average molecular weight is 453 g/mol. The highest BCUT2D eigenvalue weighted by Gasteiger charge is 2.28. The Morgan fingerprint density at radius 3 is 2.18 bits per heavy atom. The van der Waals surface area contributed by atoms with Crippen LogP contribution >= 0.6 is 0 Å². The normalized spacial score (nSPS) is 12.0. The minimum atomic E-state index is -0.906. The highest BCUT2D eigenvalue weighted by atomic mass is 16.5. The van der Waals surface area contributed by atoms with Gasteiger partial charge in [0.05, 0.1) is 6.42 Å². The van der Waals surface area contributed by atoms with Crippen LogP contribution in [-0.2, 0) is 14.3 Å². The van der Waals surface area contributed by atoms with Gasteiger partial charge in [0.1, 0.15) is 6.61 Å². The number of carboxylic acids is 1. The number of carboxylic acid groups (broad SMARTS) is 1. The van der Waals surface area contributed by atoms with Crippen molar-refractivity contribution in [3.8, 4) is 11.1 Å². The number of alkyl carbamates (subject to hydrolysis) is 1. The maximum absolute atomic E-state index is 12.3. The van der Waals surface area contributed by atoms with Gasteiger partial charge < -0.3 is 20.1 Å². The Labute approximate surface area is 194 Å². The third-order valence-electron chi connectivity index (χ3n) is 5.87. The first kappa shape index (κ1) is 24.3. The van der Waals surface area contributed by atoms with Gasteiger partial charge in [0.2, 0.25) is 5.91 Å². The van der Waals surface area contributed by atoms with Crippen molar-refractivity contribution in [3.05, 3.63) is 59.7 Å². The summed E-state index contributed by atoms with van der Waals surface area (Å²) in [6, 6.07) is 16.4. The summed E-state index contributed by atoms with van der Waals surface area (Å²) in [5.41, 5.74) is 4.72. The molecule has 7 nitrogen and oxygen atoms in total. The molecular weight excluding hydrogens is 420 g/mol. The molecule has 7 heteroatoms. The second-order valence-corrected chi connectivity index (χ2v) is 8.23. The Bertz CT molecular complexity index is 929. The van der Waals surface area contributed by atoms with Gasteiger partial charge in [0.25, 0.3) is 0 Å². The molecule has 0 unspecified atom stereocenters. The van der Waals surface area contributed by atoms with Crippen molar-refractivity contribution < 1.29 is 24.2 Å². The van der Waals surface area contributed by atoms with Crippen LogP contribution in [0.2, 0.25) is 0 Å². The SMILES string of the molecule is CCCN(CCC(=O)O)C(=O)CCCCNC(=O)OCC1c2ccccc2-c2ccccc21. The maximum atomic E-state index is 12.3. The largest absolute Gasteiger partial charge is 0.481 e. The molecule has 2 N–H and O–H groups in total. The number of nitrogens with one attached hydrogen (secondary N) is 1. The Balaban J connectivity index is 1.38. The van der Waals surface area contributed by atoms with Gasteiger partial charge in [-0.1, -0.05) is 55.5 Å². The highest BCUT2D eigenvalue weighted by molar-refractivity contribution is 5.79. The summed E-state index contributed by atoms with van der Waals surface area (Å²) >= 11 is 0. The van der Waals surface area contributed by atoms with Gasteiger partial charge in [-0.05, 0) is 41.5 Å². The first-order chi connectivity index (χ1) is 16.0.